The van der Waals surface area contributed by atoms with Crippen molar-refractivity contribution in [1.82, 2.24) is 4.90 Å². The highest BCUT2D eigenvalue weighted by atomic mass is 16.2. The predicted octanol–water partition coefficient (Wildman–Crippen LogP) is 3.05. The van der Waals surface area contributed by atoms with Crippen molar-refractivity contribution in [2.45, 2.75) is 54.0 Å². The number of nitrogens with zero attached hydrogens (tertiary/aromatic N) is 1. The Morgan fingerprint density at radius 2 is 1.65 bits per heavy atom. The highest BCUT2D eigenvalue weighted by molar-refractivity contribution is 5.94. The quantitative estimate of drug-likeness (QED) is 0.691. The molecule has 1 aliphatic carbocycles. The molecule has 0 aromatic carbocycles. The first-order valence-electron chi connectivity index (χ1n) is 7.55. The minimum Gasteiger partial charge on any atom is -0.331 e. The summed E-state index contributed by atoms with van der Waals surface area (Å²) < 4.78 is 0. The predicted molar refractivity (Wildman–Crippen MR) is 80.2 cm³/mol. The van der Waals surface area contributed by atoms with E-state index in [0.29, 0.717) is 12.5 Å². The number of carbonyl (C=O) groups excluding carboxylic acids is 2. The molecule has 1 saturated heterocycles. The number of ketones is 1. The highest BCUT2D eigenvalue weighted by Crippen LogP contribution is 2.42. The van der Waals surface area contributed by atoms with Crippen molar-refractivity contribution in [2.24, 2.45) is 22.7 Å². The van der Waals surface area contributed by atoms with E-state index in [0.717, 1.165) is 6.42 Å². The number of fused-ring (bicyclic) bond motifs is 1. The molecular formula is C17H27NO2. The summed E-state index contributed by atoms with van der Waals surface area (Å²) in [5.41, 5.74) is -0.836. The molecular weight excluding hydrogens is 250 g/mol. The van der Waals surface area contributed by atoms with Crippen LogP contribution in [0.25, 0.3) is 0 Å². The van der Waals surface area contributed by atoms with E-state index in [1.54, 1.807) is 0 Å². The number of amides is 1. The first-order valence-corrected chi connectivity index (χ1v) is 7.55. The normalized spacial score (nSPS) is 29.7. The van der Waals surface area contributed by atoms with Crippen molar-refractivity contribution in [3.05, 3.63) is 12.2 Å². The van der Waals surface area contributed by atoms with Crippen LogP contribution in [0, 0.1) is 22.7 Å². The van der Waals surface area contributed by atoms with Gasteiger partial charge in [0.1, 0.15) is 0 Å². The van der Waals surface area contributed by atoms with Gasteiger partial charge in [0.2, 0.25) is 5.91 Å². The summed E-state index contributed by atoms with van der Waals surface area (Å²) >= 11 is 0. The molecule has 0 saturated carbocycles. The standard InChI is InChI=1S/C17H27NO2/c1-16(2,3)14(19)13-12-9-7-8-11(12)10-18(13)15(20)17(4,5)6/h7-8,11-13H,9-10H2,1-6H3. The van der Waals surface area contributed by atoms with Crippen molar-refractivity contribution in [2.75, 3.05) is 6.54 Å². The largest absolute Gasteiger partial charge is 0.331 e. The molecule has 112 valence electrons. The van der Waals surface area contributed by atoms with Crippen molar-refractivity contribution in [3.63, 3.8) is 0 Å². The summed E-state index contributed by atoms with van der Waals surface area (Å²) in [7, 11) is 0. The summed E-state index contributed by atoms with van der Waals surface area (Å²) in [4.78, 5) is 27.4. The summed E-state index contributed by atoms with van der Waals surface area (Å²) in [6.45, 7) is 12.3. The Morgan fingerprint density at radius 3 is 2.15 bits per heavy atom. The van der Waals surface area contributed by atoms with Gasteiger partial charge in [-0.25, -0.2) is 0 Å². The maximum absolute atomic E-state index is 12.8. The number of allylic oxidation sites excluding steroid dienone is 1. The first-order chi connectivity index (χ1) is 9.03. The molecule has 1 aliphatic heterocycles. The topological polar surface area (TPSA) is 37.4 Å². The van der Waals surface area contributed by atoms with Crippen LogP contribution >= 0.6 is 0 Å². The SMILES string of the molecule is CC(C)(C)C(=O)C1C2CC=CC2CN1C(=O)C(C)(C)C. The molecule has 3 nitrogen and oxygen atoms in total. The maximum atomic E-state index is 12.8. The Morgan fingerprint density at radius 1 is 1.05 bits per heavy atom. The lowest BCUT2D eigenvalue weighted by Gasteiger charge is -2.35. The summed E-state index contributed by atoms with van der Waals surface area (Å²) in [6, 6.07) is -0.248. The van der Waals surface area contributed by atoms with E-state index < -0.39 is 10.8 Å². The van der Waals surface area contributed by atoms with Crippen molar-refractivity contribution < 1.29 is 9.59 Å². The first kappa shape index (κ1) is 15.3. The highest BCUT2D eigenvalue weighted by Gasteiger charge is 2.51. The zero-order valence-electron chi connectivity index (χ0n) is 13.6. The van der Waals surface area contributed by atoms with Crippen molar-refractivity contribution in [3.8, 4) is 0 Å². The second kappa shape index (κ2) is 4.71. The van der Waals surface area contributed by atoms with Crippen LogP contribution in [0.15, 0.2) is 12.2 Å². The molecule has 2 rings (SSSR count). The average Bonchev–Trinajstić information content (AvgIpc) is 2.83. The molecule has 3 heteroatoms. The molecule has 0 aromatic rings. The molecule has 3 atom stereocenters. The Balaban J connectivity index is 2.33. The molecule has 1 amide bonds. The zero-order chi connectivity index (χ0) is 15.3. The second-order valence-corrected chi connectivity index (χ2v) is 8.26. The molecule has 2 aliphatic rings. The van der Waals surface area contributed by atoms with Gasteiger partial charge in [-0.3, -0.25) is 9.59 Å². The number of rotatable bonds is 1. The van der Waals surface area contributed by atoms with Crippen LogP contribution in [-0.4, -0.2) is 29.2 Å². The Bertz CT molecular complexity index is 451. The minimum atomic E-state index is -0.432. The van der Waals surface area contributed by atoms with E-state index in [-0.39, 0.29) is 23.7 Å². The van der Waals surface area contributed by atoms with Gasteiger partial charge in [-0.1, -0.05) is 53.7 Å². The molecule has 0 radical (unpaired) electrons. The fraction of sp³-hybridized carbons (Fsp3) is 0.765. The van der Waals surface area contributed by atoms with Crippen LogP contribution in [0.5, 0.6) is 0 Å². The Labute approximate surface area is 122 Å². The van der Waals surface area contributed by atoms with Gasteiger partial charge in [-0.15, -0.1) is 0 Å². The fourth-order valence-corrected chi connectivity index (χ4v) is 3.28. The summed E-state index contributed by atoms with van der Waals surface area (Å²) in [6.07, 6.45) is 5.27. The van der Waals surface area contributed by atoms with Crippen LogP contribution < -0.4 is 0 Å². The van der Waals surface area contributed by atoms with Gasteiger partial charge in [0.25, 0.3) is 0 Å². The average molecular weight is 277 g/mol. The number of Topliss-reactive ketones (excluding diaryl/α,β-unsaturated/α-hetero) is 1. The van der Waals surface area contributed by atoms with E-state index in [1.807, 2.05) is 46.4 Å². The summed E-state index contributed by atoms with van der Waals surface area (Å²) in [5.74, 6) is 0.944. The van der Waals surface area contributed by atoms with Crippen molar-refractivity contribution >= 4 is 11.7 Å². The summed E-state index contributed by atoms with van der Waals surface area (Å²) in [5, 5.41) is 0. The van der Waals surface area contributed by atoms with E-state index in [4.69, 9.17) is 0 Å². The van der Waals surface area contributed by atoms with Gasteiger partial charge in [-0.05, 0) is 18.3 Å². The number of likely N-dealkylation sites (tertiary alicyclic amines) is 1. The molecule has 1 heterocycles. The lowest BCUT2D eigenvalue weighted by atomic mass is 9.79. The van der Waals surface area contributed by atoms with E-state index in [1.165, 1.54) is 0 Å². The fourth-order valence-electron chi connectivity index (χ4n) is 3.28. The van der Waals surface area contributed by atoms with Crippen LogP contribution in [0.3, 0.4) is 0 Å². The van der Waals surface area contributed by atoms with E-state index in [2.05, 4.69) is 12.2 Å². The smallest absolute Gasteiger partial charge is 0.228 e. The third kappa shape index (κ3) is 2.55. The monoisotopic (exact) mass is 277 g/mol. The molecule has 0 N–H and O–H groups in total. The molecule has 1 fully saturated rings. The third-order valence-corrected chi connectivity index (χ3v) is 4.40. The van der Waals surface area contributed by atoms with E-state index in [9.17, 15) is 9.59 Å². The van der Waals surface area contributed by atoms with Gasteiger partial charge < -0.3 is 4.90 Å². The third-order valence-electron chi connectivity index (χ3n) is 4.40. The van der Waals surface area contributed by atoms with Gasteiger partial charge in [0.15, 0.2) is 5.78 Å². The lowest BCUT2D eigenvalue weighted by molar-refractivity contribution is -0.147. The van der Waals surface area contributed by atoms with Gasteiger partial charge in [-0.2, -0.15) is 0 Å². The zero-order valence-corrected chi connectivity index (χ0v) is 13.6. The number of hydrogen-bond donors (Lipinski definition) is 0. The van der Waals surface area contributed by atoms with Crippen molar-refractivity contribution in [1.29, 1.82) is 0 Å². The van der Waals surface area contributed by atoms with E-state index >= 15 is 0 Å². The minimum absolute atomic E-state index is 0.0999. The van der Waals surface area contributed by atoms with Crippen LogP contribution in [0.2, 0.25) is 0 Å². The number of carbonyl (C=O) groups is 2. The number of hydrogen-bond acceptors (Lipinski definition) is 2. The van der Waals surface area contributed by atoms with Crippen LogP contribution in [-0.2, 0) is 9.59 Å². The second-order valence-electron chi connectivity index (χ2n) is 8.26. The van der Waals surface area contributed by atoms with Gasteiger partial charge >= 0.3 is 0 Å². The Kier molecular flexibility index (Phi) is 3.60. The molecule has 3 unspecified atom stereocenters. The lowest BCUT2D eigenvalue weighted by Crippen LogP contribution is -2.50. The van der Waals surface area contributed by atoms with Crippen LogP contribution in [0.4, 0.5) is 0 Å². The van der Waals surface area contributed by atoms with Crippen LogP contribution in [0.1, 0.15) is 48.0 Å². The Hall–Kier alpha value is -1.12. The molecule has 0 aromatic heterocycles. The molecule has 0 spiro atoms. The maximum Gasteiger partial charge on any atom is 0.228 e. The van der Waals surface area contributed by atoms with Gasteiger partial charge in [0.05, 0.1) is 6.04 Å². The van der Waals surface area contributed by atoms with Gasteiger partial charge in [0, 0.05) is 17.4 Å². The molecule has 0 bridgehead atoms. The molecule has 20 heavy (non-hydrogen) atoms.